The summed E-state index contributed by atoms with van der Waals surface area (Å²) in [6.45, 7) is 8.54. The first-order valence-corrected chi connectivity index (χ1v) is 10.0. The van der Waals surface area contributed by atoms with E-state index in [2.05, 4.69) is 16.5 Å². The molecule has 2 aromatic rings. The van der Waals surface area contributed by atoms with E-state index in [0.717, 1.165) is 6.08 Å². The molecule has 1 aromatic heterocycles. The fraction of sp³-hybridized carbons (Fsp3) is 0.350. The number of rotatable bonds is 9. The summed E-state index contributed by atoms with van der Waals surface area (Å²) >= 11 is 0.0590. The lowest BCUT2D eigenvalue weighted by Gasteiger charge is -2.21. The van der Waals surface area contributed by atoms with E-state index < -0.39 is 12.6 Å². The number of carbonyl (C=O) groups is 1. The number of halogens is 2. The van der Waals surface area contributed by atoms with Crippen LogP contribution in [0, 0.1) is 6.92 Å². The van der Waals surface area contributed by atoms with Gasteiger partial charge in [0.15, 0.2) is 11.6 Å². The highest BCUT2D eigenvalue weighted by atomic mass is 32.2. The second-order valence-electron chi connectivity index (χ2n) is 5.77. The van der Waals surface area contributed by atoms with Crippen LogP contribution in [0.3, 0.4) is 0 Å². The third-order valence-corrected chi connectivity index (χ3v) is 4.46. The van der Waals surface area contributed by atoms with Crippen LogP contribution in [0.1, 0.15) is 19.4 Å². The minimum atomic E-state index is -0.687. The van der Waals surface area contributed by atoms with Gasteiger partial charge in [-0.05, 0) is 30.7 Å². The molecule has 0 fully saturated rings. The molecule has 0 saturated carbocycles. The van der Waals surface area contributed by atoms with E-state index in [1.807, 2.05) is 13.8 Å². The molecule has 0 saturated heterocycles. The lowest BCUT2D eigenvalue weighted by atomic mass is 10.0. The number of nitrogen functional groups attached to an aromatic ring is 2. The van der Waals surface area contributed by atoms with Gasteiger partial charge in [0.1, 0.15) is 25.3 Å². The highest BCUT2D eigenvalue weighted by Crippen LogP contribution is 2.38. The Morgan fingerprint density at radius 1 is 1.30 bits per heavy atom. The largest absolute Gasteiger partial charge is 0.486 e. The summed E-state index contributed by atoms with van der Waals surface area (Å²) in [6, 6.07) is 3.10. The Bertz CT molecular complexity index is 867. The second kappa shape index (κ2) is 12.6. The number of hydrogen-bond acceptors (Lipinski definition) is 7. The van der Waals surface area contributed by atoms with Gasteiger partial charge in [0.05, 0.1) is 18.7 Å². The third kappa shape index (κ3) is 6.31. The predicted octanol–water partition coefficient (Wildman–Crippen LogP) is 3.98. The standard InChI is InChI=1S/C18H21F2N5O2S.C2H6/c1-3-15(26)25(5-4-19)6-7-27-17-16(23-10-24-18(17)22)13-8-12(28-20)9-14(21)11(13)2;1-2/h3,8-10H,1,4-7,21H2,2H3,(H2,22,23,24);1-2H3. The lowest BCUT2D eigenvalue weighted by Crippen LogP contribution is -2.35. The molecular weight excluding hydrogens is 412 g/mol. The molecule has 1 amide bonds. The molecule has 4 N–H and O–H groups in total. The monoisotopic (exact) mass is 439 g/mol. The maximum atomic E-state index is 13.1. The number of benzene rings is 1. The summed E-state index contributed by atoms with van der Waals surface area (Å²) in [7, 11) is 0. The zero-order valence-corrected chi connectivity index (χ0v) is 18.1. The van der Waals surface area contributed by atoms with Crippen LogP contribution in [0.5, 0.6) is 5.75 Å². The zero-order chi connectivity index (χ0) is 22.7. The predicted molar refractivity (Wildman–Crippen MR) is 118 cm³/mol. The van der Waals surface area contributed by atoms with Gasteiger partial charge in [-0.2, -0.15) is 3.89 Å². The van der Waals surface area contributed by atoms with Gasteiger partial charge < -0.3 is 21.1 Å². The molecule has 0 aliphatic heterocycles. The van der Waals surface area contributed by atoms with E-state index in [0.29, 0.717) is 27.4 Å². The topological polar surface area (TPSA) is 107 Å². The molecule has 0 bridgehead atoms. The van der Waals surface area contributed by atoms with Crippen molar-refractivity contribution in [2.75, 3.05) is 37.8 Å². The van der Waals surface area contributed by atoms with Crippen LogP contribution in [0.25, 0.3) is 11.3 Å². The van der Waals surface area contributed by atoms with E-state index >= 15 is 0 Å². The van der Waals surface area contributed by atoms with Gasteiger partial charge in [-0.3, -0.25) is 4.79 Å². The average Bonchev–Trinajstić information content (AvgIpc) is 2.76. The molecule has 7 nitrogen and oxygen atoms in total. The van der Waals surface area contributed by atoms with E-state index in [-0.39, 0.29) is 43.4 Å². The number of nitrogens with two attached hydrogens (primary N) is 2. The summed E-state index contributed by atoms with van der Waals surface area (Å²) in [5.41, 5.74) is 13.9. The molecule has 0 aliphatic rings. The Balaban J connectivity index is 0.00000218. The minimum absolute atomic E-state index is 0.0240. The van der Waals surface area contributed by atoms with Crippen LogP contribution >= 0.6 is 12.1 Å². The molecule has 0 aliphatic carbocycles. The van der Waals surface area contributed by atoms with Crippen molar-refractivity contribution >= 4 is 29.6 Å². The van der Waals surface area contributed by atoms with Crippen LogP contribution in [-0.4, -0.2) is 47.1 Å². The van der Waals surface area contributed by atoms with Crippen molar-refractivity contribution < 1.29 is 17.8 Å². The molecule has 0 spiro atoms. The number of anilines is 2. The maximum absolute atomic E-state index is 13.1. The molecule has 164 valence electrons. The first-order chi connectivity index (χ1) is 14.4. The lowest BCUT2D eigenvalue weighted by molar-refractivity contribution is -0.126. The normalized spacial score (nSPS) is 10.0. The van der Waals surface area contributed by atoms with Crippen molar-refractivity contribution in [1.82, 2.24) is 14.9 Å². The highest BCUT2D eigenvalue weighted by Gasteiger charge is 2.18. The first-order valence-electron chi connectivity index (χ1n) is 9.32. The summed E-state index contributed by atoms with van der Waals surface area (Å²) in [6.07, 6.45) is 2.37. The highest BCUT2D eigenvalue weighted by molar-refractivity contribution is 7.94. The van der Waals surface area contributed by atoms with Crippen molar-refractivity contribution in [2.24, 2.45) is 0 Å². The van der Waals surface area contributed by atoms with Gasteiger partial charge in [-0.15, -0.1) is 0 Å². The molecule has 10 heteroatoms. The van der Waals surface area contributed by atoms with Gasteiger partial charge >= 0.3 is 0 Å². The van der Waals surface area contributed by atoms with Crippen molar-refractivity contribution in [3.8, 4) is 17.0 Å². The van der Waals surface area contributed by atoms with Gasteiger partial charge in [0.2, 0.25) is 5.91 Å². The Hall–Kier alpha value is -2.88. The summed E-state index contributed by atoms with van der Waals surface area (Å²) in [4.78, 5) is 21.4. The van der Waals surface area contributed by atoms with E-state index in [1.54, 1.807) is 13.0 Å². The molecule has 30 heavy (non-hydrogen) atoms. The number of carbonyl (C=O) groups excluding carboxylic acids is 1. The quantitative estimate of drug-likeness (QED) is 0.449. The fourth-order valence-electron chi connectivity index (χ4n) is 2.54. The fourth-order valence-corrected chi connectivity index (χ4v) is 2.88. The average molecular weight is 440 g/mol. The van der Waals surface area contributed by atoms with Gasteiger partial charge in [-0.1, -0.05) is 20.4 Å². The van der Waals surface area contributed by atoms with E-state index in [9.17, 15) is 13.1 Å². The van der Waals surface area contributed by atoms with E-state index in [4.69, 9.17) is 16.2 Å². The SMILES string of the molecule is C=CC(=O)N(CCF)CCOc1c(N)ncnc1-c1cc(SF)cc(N)c1C.CC. The van der Waals surface area contributed by atoms with Crippen molar-refractivity contribution in [2.45, 2.75) is 25.7 Å². The number of ether oxygens (including phenoxy) is 1. The second-order valence-corrected chi connectivity index (χ2v) is 6.39. The zero-order valence-electron chi connectivity index (χ0n) is 17.3. The van der Waals surface area contributed by atoms with Crippen molar-refractivity contribution in [1.29, 1.82) is 0 Å². The number of nitrogens with zero attached hydrogens (tertiary/aromatic N) is 3. The minimum Gasteiger partial charge on any atom is -0.486 e. The molecule has 0 radical (unpaired) electrons. The van der Waals surface area contributed by atoms with Crippen molar-refractivity contribution in [3.63, 3.8) is 0 Å². The summed E-state index contributed by atoms with van der Waals surface area (Å²) in [5.74, 6) is -0.152. The van der Waals surface area contributed by atoms with Crippen LogP contribution in [0.15, 0.2) is 36.0 Å². The van der Waals surface area contributed by atoms with Crippen LogP contribution in [0.2, 0.25) is 0 Å². The number of hydrogen-bond donors (Lipinski definition) is 2. The molecule has 0 unspecified atom stereocenters. The number of aromatic nitrogens is 2. The Labute approximate surface area is 179 Å². The molecule has 1 heterocycles. The molecule has 0 atom stereocenters. The third-order valence-electron chi connectivity index (χ3n) is 4.05. The molecule has 2 rings (SSSR count). The smallest absolute Gasteiger partial charge is 0.246 e. The van der Waals surface area contributed by atoms with Crippen LogP contribution in [-0.2, 0) is 4.79 Å². The van der Waals surface area contributed by atoms with E-state index in [1.165, 1.54) is 17.3 Å². The van der Waals surface area contributed by atoms with Crippen LogP contribution in [0.4, 0.5) is 19.8 Å². The van der Waals surface area contributed by atoms with Crippen LogP contribution < -0.4 is 16.2 Å². The molecular formula is C20H27F2N5O2S. The maximum Gasteiger partial charge on any atom is 0.246 e. The number of alkyl halides is 1. The Morgan fingerprint density at radius 2 is 2.00 bits per heavy atom. The van der Waals surface area contributed by atoms with Gasteiger partial charge in [-0.25, -0.2) is 14.4 Å². The first kappa shape index (κ1) is 25.2. The molecule has 1 aromatic carbocycles. The van der Waals surface area contributed by atoms with Crippen molar-refractivity contribution in [3.05, 3.63) is 36.7 Å². The summed E-state index contributed by atoms with van der Waals surface area (Å²) in [5, 5.41) is 0. The Morgan fingerprint density at radius 3 is 2.60 bits per heavy atom. The summed E-state index contributed by atoms with van der Waals surface area (Å²) < 4.78 is 31.4. The Kier molecular flexibility index (Phi) is 10.6. The van der Waals surface area contributed by atoms with Gasteiger partial charge in [0.25, 0.3) is 0 Å². The van der Waals surface area contributed by atoms with Gasteiger partial charge in [0, 0.05) is 22.7 Å². The number of amides is 1.